The van der Waals surface area contributed by atoms with Gasteiger partial charge in [-0.3, -0.25) is 4.79 Å². The molecule has 7 heteroatoms. The molecule has 0 unspecified atom stereocenters. The highest BCUT2D eigenvalue weighted by molar-refractivity contribution is 5.93. The topological polar surface area (TPSA) is 86.1 Å². The molecule has 144 valence electrons. The summed E-state index contributed by atoms with van der Waals surface area (Å²) in [5, 5.41) is 7.00. The predicted octanol–water partition coefficient (Wildman–Crippen LogP) is 3.21. The van der Waals surface area contributed by atoms with E-state index in [4.69, 9.17) is 4.74 Å². The van der Waals surface area contributed by atoms with Crippen LogP contribution in [-0.4, -0.2) is 27.8 Å². The monoisotopic (exact) mass is 378 g/mol. The van der Waals surface area contributed by atoms with Crippen molar-refractivity contribution in [3.63, 3.8) is 0 Å². The molecule has 0 aliphatic heterocycles. The lowest BCUT2D eigenvalue weighted by Crippen LogP contribution is -2.36. The zero-order valence-corrected chi connectivity index (χ0v) is 16.0. The number of nitrogens with one attached hydrogen (secondary N) is 1. The first-order valence-corrected chi connectivity index (χ1v) is 8.99. The summed E-state index contributed by atoms with van der Waals surface area (Å²) in [6.45, 7) is 3.81. The lowest BCUT2D eigenvalue weighted by atomic mass is 10.1. The van der Waals surface area contributed by atoms with E-state index in [1.165, 1.54) is 6.20 Å². The van der Waals surface area contributed by atoms with Gasteiger partial charge in [0.2, 0.25) is 5.91 Å². The molecule has 0 bridgehead atoms. The van der Waals surface area contributed by atoms with Gasteiger partial charge in [0.25, 0.3) is 0 Å². The van der Waals surface area contributed by atoms with Crippen molar-refractivity contribution < 1.29 is 9.53 Å². The van der Waals surface area contributed by atoms with Crippen LogP contribution in [0.2, 0.25) is 0 Å². The number of anilines is 1. The van der Waals surface area contributed by atoms with Gasteiger partial charge >= 0.3 is 5.69 Å². The summed E-state index contributed by atoms with van der Waals surface area (Å²) < 4.78 is 6.23. The van der Waals surface area contributed by atoms with Gasteiger partial charge in [-0.1, -0.05) is 36.8 Å². The first-order valence-electron chi connectivity index (χ1n) is 8.99. The maximum atomic E-state index is 12.7. The third-order valence-electron chi connectivity index (χ3n) is 4.41. The molecule has 1 atom stereocenters. The minimum absolute atomic E-state index is 0.327. The van der Waals surface area contributed by atoms with Crippen LogP contribution in [-0.2, 0) is 4.79 Å². The van der Waals surface area contributed by atoms with Crippen molar-refractivity contribution >= 4 is 11.6 Å². The highest BCUT2D eigenvalue weighted by Crippen LogP contribution is 2.18. The minimum Gasteiger partial charge on any atom is -0.497 e. The number of aryl methyl sites for hydroxylation is 1. The summed E-state index contributed by atoms with van der Waals surface area (Å²) in [5.74, 6) is 0.367. The first-order chi connectivity index (χ1) is 13.5. The van der Waals surface area contributed by atoms with Crippen molar-refractivity contribution in [2.24, 2.45) is 0 Å². The molecule has 7 nitrogen and oxygen atoms in total. The van der Waals surface area contributed by atoms with Crippen LogP contribution in [0, 0.1) is 6.92 Å². The molecule has 0 aliphatic carbocycles. The minimum atomic E-state index is -0.755. The van der Waals surface area contributed by atoms with E-state index in [1.807, 2.05) is 38.1 Å². The molecule has 0 radical (unpaired) electrons. The summed E-state index contributed by atoms with van der Waals surface area (Å²) in [7, 11) is 1.58. The number of methoxy groups -OCH3 is 1. The van der Waals surface area contributed by atoms with Crippen molar-refractivity contribution in [2.75, 3.05) is 12.4 Å². The second-order valence-corrected chi connectivity index (χ2v) is 6.38. The Morgan fingerprint density at radius 1 is 1.14 bits per heavy atom. The maximum absolute atomic E-state index is 12.7. The van der Waals surface area contributed by atoms with Gasteiger partial charge in [0.1, 0.15) is 11.8 Å². The standard InChI is InChI=1S/C21H22N4O3/c1-4-19(20(26)23-16-9-11-17(28-3)12-10-16)25-21(27)24-18(13-22-25)15-7-5-14(2)6-8-15/h5-13,19H,4H2,1-3H3,(H,23,26)/t19-/m0/s1. The third-order valence-corrected chi connectivity index (χ3v) is 4.41. The highest BCUT2D eigenvalue weighted by Gasteiger charge is 2.22. The molecule has 1 N–H and O–H groups in total. The van der Waals surface area contributed by atoms with Gasteiger partial charge in [-0.25, -0.2) is 9.48 Å². The number of hydrogen-bond acceptors (Lipinski definition) is 5. The Morgan fingerprint density at radius 2 is 1.82 bits per heavy atom. The Kier molecular flexibility index (Phi) is 5.84. The summed E-state index contributed by atoms with van der Waals surface area (Å²) in [5.41, 5.74) is 2.45. The van der Waals surface area contributed by atoms with Gasteiger partial charge in [-0.05, 0) is 37.6 Å². The van der Waals surface area contributed by atoms with Gasteiger partial charge in [-0.15, -0.1) is 0 Å². The Hall–Kier alpha value is -3.48. The maximum Gasteiger partial charge on any atom is 0.365 e. The van der Waals surface area contributed by atoms with E-state index in [0.29, 0.717) is 23.6 Å². The molecule has 1 aromatic heterocycles. The number of hydrogen-bond donors (Lipinski definition) is 1. The molecule has 3 rings (SSSR count). The van der Waals surface area contributed by atoms with E-state index >= 15 is 0 Å². The van der Waals surface area contributed by atoms with E-state index < -0.39 is 11.7 Å². The molecule has 1 heterocycles. The van der Waals surface area contributed by atoms with Crippen molar-refractivity contribution in [3.05, 3.63) is 70.8 Å². The van der Waals surface area contributed by atoms with Crippen LogP contribution in [0.3, 0.4) is 0 Å². The largest absolute Gasteiger partial charge is 0.497 e. The predicted molar refractivity (Wildman–Crippen MR) is 107 cm³/mol. The number of carbonyl (C=O) groups excluding carboxylic acids is 1. The quantitative estimate of drug-likeness (QED) is 0.712. The number of rotatable bonds is 6. The van der Waals surface area contributed by atoms with E-state index in [-0.39, 0.29) is 5.91 Å². The molecular formula is C21H22N4O3. The number of aromatic nitrogens is 3. The second-order valence-electron chi connectivity index (χ2n) is 6.38. The van der Waals surface area contributed by atoms with E-state index in [0.717, 1.165) is 15.8 Å². The Labute approximate surface area is 163 Å². The van der Waals surface area contributed by atoms with E-state index in [9.17, 15) is 9.59 Å². The van der Waals surface area contributed by atoms with Crippen molar-refractivity contribution in [1.29, 1.82) is 0 Å². The summed E-state index contributed by atoms with van der Waals surface area (Å²) >= 11 is 0. The number of carbonyl (C=O) groups is 1. The molecule has 0 spiro atoms. The smallest absolute Gasteiger partial charge is 0.365 e. The van der Waals surface area contributed by atoms with Gasteiger partial charge in [0.15, 0.2) is 0 Å². The summed E-state index contributed by atoms with van der Waals surface area (Å²) in [6, 6.07) is 13.9. The Balaban J connectivity index is 1.82. The molecule has 2 aromatic carbocycles. The van der Waals surface area contributed by atoms with Crippen molar-refractivity contribution in [3.8, 4) is 17.0 Å². The van der Waals surface area contributed by atoms with Crippen LogP contribution in [0.15, 0.2) is 59.5 Å². The van der Waals surface area contributed by atoms with Crippen LogP contribution >= 0.6 is 0 Å². The fraction of sp³-hybridized carbons (Fsp3) is 0.238. The van der Waals surface area contributed by atoms with Crippen molar-refractivity contribution in [1.82, 2.24) is 14.8 Å². The van der Waals surface area contributed by atoms with Crippen LogP contribution in [0.25, 0.3) is 11.3 Å². The highest BCUT2D eigenvalue weighted by atomic mass is 16.5. The average molecular weight is 378 g/mol. The van der Waals surface area contributed by atoms with E-state index in [1.54, 1.807) is 31.4 Å². The van der Waals surface area contributed by atoms with Crippen LogP contribution in [0.4, 0.5) is 5.69 Å². The Bertz CT molecular complexity index is 1010. The first kappa shape index (κ1) is 19.3. The molecule has 0 saturated heterocycles. The number of ether oxygens (including phenoxy) is 1. The summed E-state index contributed by atoms with van der Waals surface area (Å²) in [4.78, 5) is 29.3. The molecule has 1 amide bonds. The molecular weight excluding hydrogens is 356 g/mol. The fourth-order valence-corrected chi connectivity index (χ4v) is 2.80. The fourth-order valence-electron chi connectivity index (χ4n) is 2.80. The van der Waals surface area contributed by atoms with Crippen LogP contribution < -0.4 is 15.7 Å². The average Bonchev–Trinajstić information content (AvgIpc) is 2.71. The Morgan fingerprint density at radius 3 is 2.39 bits per heavy atom. The van der Waals surface area contributed by atoms with Crippen LogP contribution in [0.5, 0.6) is 5.75 Å². The van der Waals surface area contributed by atoms with E-state index in [2.05, 4.69) is 15.4 Å². The van der Waals surface area contributed by atoms with Crippen molar-refractivity contribution in [2.45, 2.75) is 26.3 Å². The molecule has 0 fully saturated rings. The van der Waals surface area contributed by atoms with Gasteiger partial charge in [-0.2, -0.15) is 10.1 Å². The third kappa shape index (κ3) is 4.25. The summed E-state index contributed by atoms with van der Waals surface area (Å²) in [6.07, 6.45) is 1.91. The number of benzene rings is 2. The molecule has 3 aromatic rings. The number of amides is 1. The lowest BCUT2D eigenvalue weighted by Gasteiger charge is -2.16. The van der Waals surface area contributed by atoms with Gasteiger partial charge < -0.3 is 10.1 Å². The zero-order valence-electron chi connectivity index (χ0n) is 16.0. The molecule has 0 saturated carbocycles. The molecule has 28 heavy (non-hydrogen) atoms. The number of nitrogens with zero attached hydrogens (tertiary/aromatic N) is 3. The van der Waals surface area contributed by atoms with Crippen LogP contribution in [0.1, 0.15) is 24.9 Å². The van der Waals surface area contributed by atoms with Gasteiger partial charge in [0.05, 0.1) is 19.0 Å². The second kappa shape index (κ2) is 8.47. The van der Waals surface area contributed by atoms with Gasteiger partial charge in [0, 0.05) is 11.3 Å². The normalized spacial score (nSPS) is 11.7. The molecule has 0 aliphatic rings. The lowest BCUT2D eigenvalue weighted by molar-refractivity contribution is -0.119. The SMILES string of the molecule is CC[C@@H](C(=O)Nc1ccc(OC)cc1)n1ncc(-c2ccc(C)cc2)nc1=O. The zero-order chi connectivity index (χ0) is 20.1.